The maximum absolute atomic E-state index is 12.0. The van der Waals surface area contributed by atoms with Gasteiger partial charge in [0.1, 0.15) is 12.4 Å². The van der Waals surface area contributed by atoms with E-state index < -0.39 is 13.0 Å². The summed E-state index contributed by atoms with van der Waals surface area (Å²) in [5.74, 6) is 0.649. The zero-order chi connectivity index (χ0) is 13.5. The van der Waals surface area contributed by atoms with Gasteiger partial charge in [0.2, 0.25) is 0 Å². The van der Waals surface area contributed by atoms with Crippen molar-refractivity contribution < 1.29 is 18.3 Å². The van der Waals surface area contributed by atoms with Crippen molar-refractivity contribution >= 4 is 0 Å². The van der Waals surface area contributed by atoms with Crippen LogP contribution in [0.3, 0.4) is 0 Å². The number of ether oxygens (including phenoxy) is 2. The number of benzene rings is 1. The lowest BCUT2D eigenvalue weighted by molar-refractivity contribution is 0.00919. The summed E-state index contributed by atoms with van der Waals surface area (Å²) in [6, 6.07) is 5.38. The maximum atomic E-state index is 12.0. The number of rotatable bonds is 7. The predicted molar refractivity (Wildman–Crippen MR) is 65.9 cm³/mol. The summed E-state index contributed by atoms with van der Waals surface area (Å²) < 4.78 is 34.4. The van der Waals surface area contributed by atoms with E-state index in [1.807, 2.05) is 26.0 Å². The fourth-order valence-corrected chi connectivity index (χ4v) is 1.55. The van der Waals surface area contributed by atoms with Crippen molar-refractivity contribution in [3.63, 3.8) is 0 Å². The second-order valence-corrected chi connectivity index (χ2v) is 4.00. The highest BCUT2D eigenvalue weighted by atomic mass is 19.3. The molecule has 2 N–H and O–H groups in total. The second kappa shape index (κ2) is 7.28. The molecule has 0 radical (unpaired) electrons. The van der Waals surface area contributed by atoms with E-state index in [1.54, 1.807) is 6.07 Å². The van der Waals surface area contributed by atoms with Crippen LogP contribution in [0.2, 0.25) is 0 Å². The van der Waals surface area contributed by atoms with E-state index in [1.165, 1.54) is 0 Å². The minimum atomic E-state index is -2.46. The van der Waals surface area contributed by atoms with Crippen molar-refractivity contribution in [1.82, 2.24) is 0 Å². The van der Waals surface area contributed by atoms with Crippen LogP contribution in [0.5, 0.6) is 5.75 Å². The first kappa shape index (κ1) is 14.9. The van der Waals surface area contributed by atoms with Gasteiger partial charge in [-0.1, -0.05) is 6.07 Å². The standard InChI is InChI=1S/C13H19F2NO2/c1-3-18-12-5-4-10(9(2)16)6-11(12)7-17-8-13(14)15/h4-6,9,13H,3,7-8,16H2,1-2H3. The van der Waals surface area contributed by atoms with E-state index in [4.69, 9.17) is 15.2 Å². The average molecular weight is 259 g/mol. The minimum absolute atomic E-state index is 0.0975. The Labute approximate surface area is 106 Å². The summed E-state index contributed by atoms with van der Waals surface area (Å²) in [7, 11) is 0. The summed E-state index contributed by atoms with van der Waals surface area (Å²) in [6.45, 7) is 3.76. The largest absolute Gasteiger partial charge is 0.494 e. The van der Waals surface area contributed by atoms with Crippen LogP contribution in [0, 0.1) is 0 Å². The number of hydrogen-bond acceptors (Lipinski definition) is 3. The van der Waals surface area contributed by atoms with E-state index in [0.717, 1.165) is 11.1 Å². The molecule has 5 heteroatoms. The van der Waals surface area contributed by atoms with Crippen LogP contribution < -0.4 is 10.5 Å². The van der Waals surface area contributed by atoms with Gasteiger partial charge in [-0.15, -0.1) is 0 Å². The van der Waals surface area contributed by atoms with Gasteiger partial charge >= 0.3 is 0 Å². The molecule has 18 heavy (non-hydrogen) atoms. The van der Waals surface area contributed by atoms with E-state index in [9.17, 15) is 8.78 Å². The van der Waals surface area contributed by atoms with Gasteiger partial charge in [0, 0.05) is 11.6 Å². The predicted octanol–water partition coefficient (Wildman–Crippen LogP) is 2.89. The normalized spacial score (nSPS) is 12.8. The summed E-state index contributed by atoms with van der Waals surface area (Å²) in [5.41, 5.74) is 7.45. The lowest BCUT2D eigenvalue weighted by Crippen LogP contribution is -2.09. The number of halogens is 2. The Kier molecular flexibility index (Phi) is 6.01. The topological polar surface area (TPSA) is 44.5 Å². The first-order chi connectivity index (χ1) is 8.54. The van der Waals surface area contributed by atoms with Crippen LogP contribution in [0.1, 0.15) is 31.0 Å². The Morgan fingerprint density at radius 2 is 2.06 bits per heavy atom. The fourth-order valence-electron chi connectivity index (χ4n) is 1.55. The Balaban J connectivity index is 2.79. The molecule has 0 heterocycles. The Morgan fingerprint density at radius 3 is 2.61 bits per heavy atom. The molecule has 0 fully saturated rings. The van der Waals surface area contributed by atoms with E-state index in [-0.39, 0.29) is 12.6 Å². The fraction of sp³-hybridized carbons (Fsp3) is 0.538. The molecule has 0 aliphatic heterocycles. The van der Waals surface area contributed by atoms with Gasteiger partial charge in [0.05, 0.1) is 13.2 Å². The highest BCUT2D eigenvalue weighted by Gasteiger charge is 2.09. The average Bonchev–Trinajstić information content (AvgIpc) is 2.30. The number of hydrogen-bond donors (Lipinski definition) is 1. The highest BCUT2D eigenvalue weighted by Crippen LogP contribution is 2.23. The molecule has 1 rings (SSSR count). The molecule has 3 nitrogen and oxygen atoms in total. The molecule has 102 valence electrons. The third kappa shape index (κ3) is 4.58. The molecule has 0 spiro atoms. The molecular weight excluding hydrogens is 240 g/mol. The number of nitrogens with two attached hydrogens (primary N) is 1. The van der Waals surface area contributed by atoms with Gasteiger partial charge in [-0.25, -0.2) is 8.78 Å². The molecule has 1 atom stereocenters. The second-order valence-electron chi connectivity index (χ2n) is 4.00. The summed E-state index contributed by atoms with van der Waals surface area (Å²) in [5, 5.41) is 0. The summed E-state index contributed by atoms with van der Waals surface area (Å²) >= 11 is 0. The van der Waals surface area contributed by atoms with Crippen molar-refractivity contribution in [3.8, 4) is 5.75 Å². The quantitative estimate of drug-likeness (QED) is 0.818. The lowest BCUT2D eigenvalue weighted by Gasteiger charge is -2.14. The molecular formula is C13H19F2NO2. The molecule has 0 aliphatic rings. The van der Waals surface area contributed by atoms with Crippen molar-refractivity contribution in [2.75, 3.05) is 13.2 Å². The Hall–Kier alpha value is -1.20. The van der Waals surface area contributed by atoms with Gasteiger partial charge < -0.3 is 15.2 Å². The monoisotopic (exact) mass is 259 g/mol. The zero-order valence-electron chi connectivity index (χ0n) is 10.7. The minimum Gasteiger partial charge on any atom is -0.494 e. The van der Waals surface area contributed by atoms with Gasteiger partial charge in [0.25, 0.3) is 6.43 Å². The van der Waals surface area contributed by atoms with Gasteiger partial charge in [0.15, 0.2) is 0 Å². The van der Waals surface area contributed by atoms with Crippen LogP contribution in [-0.4, -0.2) is 19.6 Å². The first-order valence-electron chi connectivity index (χ1n) is 5.91. The Bertz CT molecular complexity index is 370. The third-order valence-electron chi connectivity index (χ3n) is 2.41. The molecule has 0 bridgehead atoms. The zero-order valence-corrected chi connectivity index (χ0v) is 10.7. The molecule has 0 amide bonds. The summed E-state index contributed by atoms with van der Waals surface area (Å²) in [4.78, 5) is 0. The molecule has 0 aromatic heterocycles. The third-order valence-corrected chi connectivity index (χ3v) is 2.41. The SMILES string of the molecule is CCOc1ccc(C(C)N)cc1COCC(F)F. The first-order valence-corrected chi connectivity index (χ1v) is 5.91. The van der Waals surface area contributed by atoms with Crippen LogP contribution in [0.25, 0.3) is 0 Å². The molecule has 1 aromatic carbocycles. The number of alkyl halides is 2. The van der Waals surface area contributed by atoms with E-state index in [2.05, 4.69) is 0 Å². The van der Waals surface area contributed by atoms with Gasteiger partial charge in [-0.2, -0.15) is 0 Å². The van der Waals surface area contributed by atoms with E-state index >= 15 is 0 Å². The van der Waals surface area contributed by atoms with Crippen LogP contribution in [-0.2, 0) is 11.3 Å². The van der Waals surface area contributed by atoms with Crippen molar-refractivity contribution in [1.29, 1.82) is 0 Å². The van der Waals surface area contributed by atoms with E-state index in [0.29, 0.717) is 12.4 Å². The molecule has 1 aromatic rings. The molecule has 1 unspecified atom stereocenters. The molecule has 0 aliphatic carbocycles. The van der Waals surface area contributed by atoms with Crippen molar-refractivity contribution in [3.05, 3.63) is 29.3 Å². The summed E-state index contributed by atoms with van der Waals surface area (Å²) in [6.07, 6.45) is -2.46. The lowest BCUT2D eigenvalue weighted by atomic mass is 10.1. The smallest absolute Gasteiger partial charge is 0.261 e. The van der Waals surface area contributed by atoms with Crippen molar-refractivity contribution in [2.24, 2.45) is 5.73 Å². The Morgan fingerprint density at radius 1 is 1.33 bits per heavy atom. The van der Waals surface area contributed by atoms with Crippen molar-refractivity contribution in [2.45, 2.75) is 32.9 Å². The highest BCUT2D eigenvalue weighted by molar-refractivity contribution is 5.38. The van der Waals surface area contributed by atoms with Crippen LogP contribution in [0.15, 0.2) is 18.2 Å². The van der Waals surface area contributed by atoms with Crippen LogP contribution >= 0.6 is 0 Å². The van der Waals surface area contributed by atoms with Gasteiger partial charge in [-0.05, 0) is 31.5 Å². The maximum Gasteiger partial charge on any atom is 0.261 e. The van der Waals surface area contributed by atoms with Gasteiger partial charge in [-0.3, -0.25) is 0 Å². The molecule has 0 saturated heterocycles. The van der Waals surface area contributed by atoms with Crippen LogP contribution in [0.4, 0.5) is 8.78 Å². The molecule has 0 saturated carbocycles.